The molecule has 4 heteroatoms. The number of hydrogen-bond donors (Lipinski definition) is 1. The van der Waals surface area contributed by atoms with Gasteiger partial charge in [-0.05, 0) is 79.3 Å². The van der Waals surface area contributed by atoms with E-state index in [2.05, 4.69) is 42.3 Å². The van der Waals surface area contributed by atoms with Gasteiger partial charge in [0.25, 0.3) is 0 Å². The van der Waals surface area contributed by atoms with Gasteiger partial charge in [-0.3, -0.25) is 0 Å². The molecule has 0 aliphatic heterocycles. The van der Waals surface area contributed by atoms with Crippen LogP contribution in [0, 0.1) is 0 Å². The van der Waals surface area contributed by atoms with Gasteiger partial charge >= 0.3 is 0 Å². The van der Waals surface area contributed by atoms with E-state index in [-0.39, 0.29) is 0 Å². The van der Waals surface area contributed by atoms with Gasteiger partial charge in [0, 0.05) is 25.5 Å². The smallest absolute Gasteiger partial charge is 0.119 e. The van der Waals surface area contributed by atoms with Gasteiger partial charge in [-0.2, -0.15) is 0 Å². The number of aryl methyl sites for hydroxylation is 1. The summed E-state index contributed by atoms with van der Waals surface area (Å²) >= 11 is 0. The number of nitrogens with two attached hydrogens (primary N) is 1. The van der Waals surface area contributed by atoms with Crippen LogP contribution < -0.4 is 15.4 Å². The standard InChI is InChI=1S/C21H28N2O2/c1-23(18-6-9-20(10-7-18)25-13-12-24-2)19-8-11-21-16(14-19)4-3-5-17(21)15-22/h6-11,14,17H,3-5,12-13,15,22H2,1-2H3/t17-/m0/s1. The number of rotatable bonds is 7. The van der Waals surface area contributed by atoms with Gasteiger partial charge in [0.15, 0.2) is 0 Å². The van der Waals surface area contributed by atoms with Crippen molar-refractivity contribution in [3.8, 4) is 5.75 Å². The van der Waals surface area contributed by atoms with E-state index in [4.69, 9.17) is 15.2 Å². The number of benzene rings is 2. The second-order valence-corrected chi connectivity index (χ2v) is 6.60. The maximum absolute atomic E-state index is 5.93. The third-order valence-electron chi connectivity index (χ3n) is 5.02. The van der Waals surface area contributed by atoms with Gasteiger partial charge in [-0.25, -0.2) is 0 Å². The molecule has 0 amide bonds. The lowest BCUT2D eigenvalue weighted by molar-refractivity contribution is 0.146. The second kappa shape index (κ2) is 8.37. The zero-order valence-corrected chi connectivity index (χ0v) is 15.2. The minimum Gasteiger partial charge on any atom is -0.491 e. The van der Waals surface area contributed by atoms with E-state index >= 15 is 0 Å². The van der Waals surface area contributed by atoms with E-state index in [1.807, 2.05) is 12.1 Å². The highest BCUT2D eigenvalue weighted by atomic mass is 16.5. The molecule has 2 N–H and O–H groups in total. The highest BCUT2D eigenvalue weighted by Gasteiger charge is 2.19. The normalized spacial score (nSPS) is 16.4. The summed E-state index contributed by atoms with van der Waals surface area (Å²) in [4.78, 5) is 2.21. The van der Waals surface area contributed by atoms with Crippen LogP contribution in [-0.2, 0) is 11.2 Å². The average Bonchev–Trinajstić information content (AvgIpc) is 2.67. The lowest BCUT2D eigenvalue weighted by Gasteiger charge is -2.27. The van der Waals surface area contributed by atoms with Gasteiger partial charge in [0.2, 0.25) is 0 Å². The molecule has 134 valence electrons. The largest absolute Gasteiger partial charge is 0.491 e. The van der Waals surface area contributed by atoms with Crippen molar-refractivity contribution < 1.29 is 9.47 Å². The van der Waals surface area contributed by atoms with Gasteiger partial charge in [0.1, 0.15) is 12.4 Å². The Morgan fingerprint density at radius 1 is 1.08 bits per heavy atom. The number of anilines is 2. The first-order chi connectivity index (χ1) is 12.2. The molecule has 0 saturated heterocycles. The predicted octanol–water partition coefficient (Wildman–Crippen LogP) is 3.86. The van der Waals surface area contributed by atoms with Gasteiger partial charge in [0.05, 0.1) is 6.61 Å². The first-order valence-corrected chi connectivity index (χ1v) is 9.01. The average molecular weight is 340 g/mol. The van der Waals surface area contributed by atoms with Crippen molar-refractivity contribution >= 4 is 11.4 Å². The second-order valence-electron chi connectivity index (χ2n) is 6.60. The van der Waals surface area contributed by atoms with E-state index in [0.29, 0.717) is 19.1 Å². The molecule has 0 fully saturated rings. The minimum absolute atomic E-state index is 0.520. The van der Waals surface area contributed by atoms with Crippen molar-refractivity contribution in [2.24, 2.45) is 5.73 Å². The molecule has 1 aliphatic carbocycles. The van der Waals surface area contributed by atoms with Crippen LogP contribution in [-0.4, -0.2) is 33.9 Å². The molecular weight excluding hydrogens is 312 g/mol. The van der Waals surface area contributed by atoms with Crippen LogP contribution in [0.15, 0.2) is 42.5 Å². The topological polar surface area (TPSA) is 47.7 Å². The lowest BCUT2D eigenvalue weighted by Crippen LogP contribution is -2.19. The van der Waals surface area contributed by atoms with Crippen molar-refractivity contribution in [1.29, 1.82) is 0 Å². The first kappa shape index (κ1) is 17.8. The van der Waals surface area contributed by atoms with Crippen molar-refractivity contribution in [1.82, 2.24) is 0 Å². The maximum Gasteiger partial charge on any atom is 0.119 e. The monoisotopic (exact) mass is 340 g/mol. The van der Waals surface area contributed by atoms with Crippen molar-refractivity contribution in [2.75, 3.05) is 38.8 Å². The Balaban J connectivity index is 1.73. The van der Waals surface area contributed by atoms with Crippen LogP contribution >= 0.6 is 0 Å². The molecule has 1 aliphatic rings. The molecule has 0 aromatic heterocycles. The Morgan fingerprint density at radius 2 is 1.84 bits per heavy atom. The van der Waals surface area contributed by atoms with E-state index in [1.165, 1.54) is 29.7 Å². The molecule has 1 atom stereocenters. The number of hydrogen-bond acceptors (Lipinski definition) is 4. The summed E-state index contributed by atoms with van der Waals surface area (Å²) in [7, 11) is 3.78. The molecular formula is C21H28N2O2. The molecule has 25 heavy (non-hydrogen) atoms. The first-order valence-electron chi connectivity index (χ1n) is 9.01. The highest BCUT2D eigenvalue weighted by Crippen LogP contribution is 2.35. The zero-order valence-electron chi connectivity index (χ0n) is 15.2. The van der Waals surface area contributed by atoms with Crippen LogP contribution in [0.25, 0.3) is 0 Å². The Bertz CT molecular complexity index is 685. The summed E-state index contributed by atoms with van der Waals surface area (Å²) in [6.45, 7) is 1.91. The minimum atomic E-state index is 0.520. The highest BCUT2D eigenvalue weighted by molar-refractivity contribution is 5.64. The quantitative estimate of drug-likeness (QED) is 0.778. The fourth-order valence-corrected chi connectivity index (χ4v) is 3.51. The fraction of sp³-hybridized carbons (Fsp3) is 0.429. The Hall–Kier alpha value is -2.04. The van der Waals surface area contributed by atoms with E-state index in [9.17, 15) is 0 Å². The van der Waals surface area contributed by atoms with E-state index < -0.39 is 0 Å². The molecule has 0 heterocycles. The number of methoxy groups -OCH3 is 1. The predicted molar refractivity (Wildman–Crippen MR) is 103 cm³/mol. The Kier molecular flexibility index (Phi) is 5.95. The summed E-state index contributed by atoms with van der Waals surface area (Å²) in [5.41, 5.74) is 11.2. The molecule has 0 saturated carbocycles. The maximum atomic E-state index is 5.93. The zero-order chi connectivity index (χ0) is 17.6. The Labute approximate surface area is 150 Å². The fourth-order valence-electron chi connectivity index (χ4n) is 3.51. The molecule has 3 rings (SSSR count). The molecule has 0 spiro atoms. The molecule has 2 aromatic carbocycles. The third-order valence-corrected chi connectivity index (χ3v) is 5.02. The summed E-state index contributed by atoms with van der Waals surface area (Å²) in [6.07, 6.45) is 3.60. The van der Waals surface area contributed by atoms with Gasteiger partial charge in [-0.15, -0.1) is 0 Å². The van der Waals surface area contributed by atoms with Gasteiger partial charge in [-0.1, -0.05) is 6.07 Å². The molecule has 0 radical (unpaired) electrons. The van der Waals surface area contributed by atoms with Crippen molar-refractivity contribution in [3.05, 3.63) is 53.6 Å². The van der Waals surface area contributed by atoms with Gasteiger partial charge < -0.3 is 20.1 Å². The summed E-state index contributed by atoms with van der Waals surface area (Å²) in [5.74, 6) is 1.39. The van der Waals surface area contributed by atoms with Crippen LogP contribution in [0.4, 0.5) is 11.4 Å². The third kappa shape index (κ3) is 4.14. The van der Waals surface area contributed by atoms with E-state index in [1.54, 1.807) is 7.11 Å². The van der Waals surface area contributed by atoms with Crippen LogP contribution in [0.1, 0.15) is 29.9 Å². The van der Waals surface area contributed by atoms with Crippen LogP contribution in [0.2, 0.25) is 0 Å². The number of ether oxygens (including phenoxy) is 2. The summed E-state index contributed by atoms with van der Waals surface area (Å²) in [6, 6.07) is 15.0. The summed E-state index contributed by atoms with van der Waals surface area (Å²) < 4.78 is 10.6. The molecule has 0 bridgehead atoms. The number of nitrogens with zero attached hydrogens (tertiary/aromatic N) is 1. The lowest BCUT2D eigenvalue weighted by atomic mass is 9.82. The van der Waals surface area contributed by atoms with Crippen molar-refractivity contribution in [3.63, 3.8) is 0 Å². The molecule has 4 nitrogen and oxygen atoms in total. The van der Waals surface area contributed by atoms with Crippen LogP contribution in [0.5, 0.6) is 5.75 Å². The molecule has 0 unspecified atom stereocenters. The van der Waals surface area contributed by atoms with E-state index in [0.717, 1.165) is 24.4 Å². The summed E-state index contributed by atoms with van der Waals surface area (Å²) in [5, 5.41) is 0. The van der Waals surface area contributed by atoms with Crippen molar-refractivity contribution in [2.45, 2.75) is 25.2 Å². The molecule has 2 aromatic rings. The Morgan fingerprint density at radius 3 is 2.56 bits per heavy atom. The number of fused-ring (bicyclic) bond motifs is 1. The van der Waals surface area contributed by atoms with Crippen LogP contribution in [0.3, 0.4) is 0 Å². The SMILES string of the molecule is COCCOc1ccc(N(C)c2ccc3c(c2)CCC[C@H]3CN)cc1.